The van der Waals surface area contributed by atoms with E-state index in [1.165, 1.54) is 5.69 Å². The predicted molar refractivity (Wildman–Crippen MR) is 80.6 cm³/mol. The van der Waals surface area contributed by atoms with E-state index in [9.17, 15) is 0 Å². The van der Waals surface area contributed by atoms with Gasteiger partial charge in [-0.05, 0) is 37.1 Å². The van der Waals surface area contributed by atoms with E-state index in [2.05, 4.69) is 47.1 Å². The molecule has 0 amide bonds. The van der Waals surface area contributed by atoms with E-state index in [1.54, 1.807) is 0 Å². The third kappa shape index (κ3) is 3.51. The summed E-state index contributed by atoms with van der Waals surface area (Å²) < 4.78 is 2.05. The number of hydrogen-bond acceptors (Lipinski definition) is 2. The normalized spacial score (nSPS) is 10.7. The molecule has 0 aliphatic carbocycles. The Bertz CT molecular complexity index is 517. The molecule has 4 heteroatoms. The first kappa shape index (κ1) is 13.9. The zero-order valence-corrected chi connectivity index (χ0v) is 12.2. The molecule has 0 atom stereocenters. The SMILES string of the molecule is CCc1cc(CNc2ccc(CCl)cc2)n(CC)n1. The number of halogens is 1. The van der Waals surface area contributed by atoms with E-state index in [0.29, 0.717) is 5.88 Å². The number of rotatable bonds is 6. The molecule has 19 heavy (non-hydrogen) atoms. The molecule has 1 aromatic carbocycles. The van der Waals surface area contributed by atoms with E-state index >= 15 is 0 Å². The number of hydrogen-bond donors (Lipinski definition) is 1. The highest BCUT2D eigenvalue weighted by atomic mass is 35.5. The number of anilines is 1. The van der Waals surface area contributed by atoms with Gasteiger partial charge in [-0.25, -0.2) is 0 Å². The van der Waals surface area contributed by atoms with Crippen molar-refractivity contribution in [2.24, 2.45) is 0 Å². The second-order valence-electron chi connectivity index (χ2n) is 4.48. The van der Waals surface area contributed by atoms with Gasteiger partial charge < -0.3 is 5.32 Å². The second-order valence-corrected chi connectivity index (χ2v) is 4.75. The molecule has 0 saturated heterocycles. The molecule has 0 radical (unpaired) electrons. The monoisotopic (exact) mass is 277 g/mol. The maximum Gasteiger partial charge on any atom is 0.0625 e. The van der Waals surface area contributed by atoms with Crippen LogP contribution in [0, 0.1) is 0 Å². The van der Waals surface area contributed by atoms with Crippen LogP contribution < -0.4 is 5.32 Å². The van der Waals surface area contributed by atoms with Crippen LogP contribution in [0.2, 0.25) is 0 Å². The molecule has 1 aromatic heterocycles. The summed E-state index contributed by atoms with van der Waals surface area (Å²) >= 11 is 5.78. The van der Waals surface area contributed by atoms with E-state index < -0.39 is 0 Å². The van der Waals surface area contributed by atoms with Gasteiger partial charge in [-0.1, -0.05) is 19.1 Å². The first-order chi connectivity index (χ1) is 9.26. The van der Waals surface area contributed by atoms with E-state index in [1.807, 2.05) is 12.1 Å². The van der Waals surface area contributed by atoms with Crippen LogP contribution in [0.5, 0.6) is 0 Å². The average molecular weight is 278 g/mol. The molecular formula is C15H20ClN3. The predicted octanol–water partition coefficient (Wildman–Crippen LogP) is 3.82. The minimum atomic E-state index is 0.558. The highest BCUT2D eigenvalue weighted by Crippen LogP contribution is 2.13. The van der Waals surface area contributed by atoms with Gasteiger partial charge in [0.1, 0.15) is 0 Å². The maximum atomic E-state index is 5.78. The summed E-state index contributed by atoms with van der Waals surface area (Å²) in [4.78, 5) is 0. The van der Waals surface area contributed by atoms with E-state index in [-0.39, 0.29) is 0 Å². The lowest BCUT2D eigenvalue weighted by molar-refractivity contribution is 0.619. The van der Waals surface area contributed by atoms with Crippen molar-refractivity contribution in [3.63, 3.8) is 0 Å². The van der Waals surface area contributed by atoms with Crippen molar-refractivity contribution in [1.29, 1.82) is 0 Å². The van der Waals surface area contributed by atoms with Crippen molar-refractivity contribution in [2.45, 2.75) is 39.2 Å². The van der Waals surface area contributed by atoms with Gasteiger partial charge in [-0.15, -0.1) is 11.6 Å². The van der Waals surface area contributed by atoms with Crippen molar-refractivity contribution in [2.75, 3.05) is 5.32 Å². The Morgan fingerprint density at radius 3 is 2.53 bits per heavy atom. The van der Waals surface area contributed by atoms with Gasteiger partial charge in [-0.2, -0.15) is 5.10 Å². The molecule has 1 heterocycles. The van der Waals surface area contributed by atoms with Crippen molar-refractivity contribution in [3.05, 3.63) is 47.3 Å². The summed E-state index contributed by atoms with van der Waals surface area (Å²) in [5.74, 6) is 0.558. The van der Waals surface area contributed by atoms with Crippen LogP contribution in [0.1, 0.15) is 30.8 Å². The van der Waals surface area contributed by atoms with Crippen LogP contribution in [0.4, 0.5) is 5.69 Å². The quantitative estimate of drug-likeness (QED) is 0.814. The molecule has 0 unspecified atom stereocenters. The van der Waals surface area contributed by atoms with Gasteiger partial charge in [0.25, 0.3) is 0 Å². The molecule has 0 saturated carbocycles. The summed E-state index contributed by atoms with van der Waals surface area (Å²) in [6.07, 6.45) is 0.977. The molecule has 0 aliphatic rings. The summed E-state index contributed by atoms with van der Waals surface area (Å²) in [7, 11) is 0. The van der Waals surface area contributed by atoms with Gasteiger partial charge in [-0.3, -0.25) is 4.68 Å². The molecule has 3 nitrogen and oxygen atoms in total. The molecule has 2 rings (SSSR count). The van der Waals surface area contributed by atoms with Crippen molar-refractivity contribution >= 4 is 17.3 Å². The third-order valence-corrected chi connectivity index (χ3v) is 3.47. The molecular weight excluding hydrogens is 258 g/mol. The maximum absolute atomic E-state index is 5.78. The lowest BCUT2D eigenvalue weighted by Gasteiger charge is -2.08. The molecule has 0 spiro atoms. The third-order valence-electron chi connectivity index (χ3n) is 3.16. The van der Waals surface area contributed by atoms with Gasteiger partial charge in [0.15, 0.2) is 0 Å². The van der Waals surface area contributed by atoms with Crippen LogP contribution in [0.15, 0.2) is 30.3 Å². The number of alkyl halides is 1. The standard InChI is InChI=1S/C15H20ClN3/c1-3-13-9-15(19(4-2)18-13)11-17-14-7-5-12(10-16)6-8-14/h5-9,17H,3-4,10-11H2,1-2H3. The minimum absolute atomic E-state index is 0.558. The Balaban J connectivity index is 2.02. The Morgan fingerprint density at radius 2 is 1.95 bits per heavy atom. The fourth-order valence-corrected chi connectivity index (χ4v) is 2.19. The highest BCUT2D eigenvalue weighted by molar-refractivity contribution is 6.17. The Labute approximate surface area is 119 Å². The van der Waals surface area contributed by atoms with Gasteiger partial charge >= 0.3 is 0 Å². The molecule has 1 N–H and O–H groups in total. The second kappa shape index (κ2) is 6.62. The minimum Gasteiger partial charge on any atom is -0.379 e. The van der Waals surface area contributed by atoms with Crippen LogP contribution in [-0.2, 0) is 25.4 Å². The smallest absolute Gasteiger partial charge is 0.0625 e. The Kier molecular flexibility index (Phi) is 4.86. The molecule has 2 aromatic rings. The lowest BCUT2D eigenvalue weighted by atomic mass is 10.2. The number of aromatic nitrogens is 2. The highest BCUT2D eigenvalue weighted by Gasteiger charge is 2.05. The van der Waals surface area contributed by atoms with Crippen molar-refractivity contribution in [3.8, 4) is 0 Å². The molecule has 0 fully saturated rings. The molecule has 0 bridgehead atoms. The zero-order chi connectivity index (χ0) is 13.7. The fourth-order valence-electron chi connectivity index (χ4n) is 2.01. The average Bonchev–Trinajstić information content (AvgIpc) is 2.88. The van der Waals surface area contributed by atoms with Crippen LogP contribution in [0.3, 0.4) is 0 Å². The molecule has 102 valence electrons. The largest absolute Gasteiger partial charge is 0.379 e. The van der Waals surface area contributed by atoms with E-state index in [4.69, 9.17) is 11.6 Å². The van der Waals surface area contributed by atoms with Crippen LogP contribution >= 0.6 is 11.6 Å². The van der Waals surface area contributed by atoms with Gasteiger partial charge in [0.05, 0.1) is 17.9 Å². The summed E-state index contributed by atoms with van der Waals surface area (Å²) in [5, 5.41) is 7.97. The van der Waals surface area contributed by atoms with Gasteiger partial charge in [0, 0.05) is 18.1 Å². The Morgan fingerprint density at radius 1 is 1.21 bits per heavy atom. The topological polar surface area (TPSA) is 29.9 Å². The first-order valence-electron chi connectivity index (χ1n) is 6.71. The number of aryl methyl sites for hydroxylation is 2. The first-order valence-corrected chi connectivity index (χ1v) is 7.24. The summed E-state index contributed by atoms with van der Waals surface area (Å²) in [5.41, 5.74) is 4.62. The summed E-state index contributed by atoms with van der Waals surface area (Å²) in [6, 6.07) is 10.4. The summed E-state index contributed by atoms with van der Waals surface area (Å²) in [6.45, 7) is 5.94. The van der Waals surface area contributed by atoms with Crippen molar-refractivity contribution < 1.29 is 0 Å². The van der Waals surface area contributed by atoms with E-state index in [0.717, 1.165) is 36.5 Å². The number of nitrogens with zero attached hydrogens (tertiary/aromatic N) is 2. The zero-order valence-electron chi connectivity index (χ0n) is 11.5. The van der Waals surface area contributed by atoms with Crippen LogP contribution in [-0.4, -0.2) is 9.78 Å². The Hall–Kier alpha value is -1.48. The van der Waals surface area contributed by atoms with Gasteiger partial charge in [0.2, 0.25) is 0 Å². The lowest BCUT2D eigenvalue weighted by Crippen LogP contribution is -2.07. The van der Waals surface area contributed by atoms with Crippen molar-refractivity contribution in [1.82, 2.24) is 9.78 Å². The number of nitrogens with one attached hydrogen (secondary N) is 1. The fraction of sp³-hybridized carbons (Fsp3) is 0.400. The molecule has 0 aliphatic heterocycles. The van der Waals surface area contributed by atoms with Crippen LogP contribution in [0.25, 0.3) is 0 Å². The number of benzene rings is 1.